The Morgan fingerprint density at radius 1 is 1.41 bits per heavy atom. The van der Waals surface area contributed by atoms with Crippen LogP contribution in [0.25, 0.3) is 11.5 Å². The van der Waals surface area contributed by atoms with Crippen molar-refractivity contribution in [3.8, 4) is 11.5 Å². The Labute approximate surface area is 164 Å². The van der Waals surface area contributed by atoms with Gasteiger partial charge < -0.3 is 9.73 Å². The molecule has 0 unspecified atom stereocenters. The van der Waals surface area contributed by atoms with Gasteiger partial charge in [0.05, 0.1) is 11.0 Å². The number of imide groups is 1. The lowest BCUT2D eigenvalue weighted by Crippen LogP contribution is -2.39. The molecule has 1 atom stereocenters. The number of nitrogens with zero attached hydrogens (tertiary/aromatic N) is 3. The summed E-state index contributed by atoms with van der Waals surface area (Å²) in [5.74, 6) is 0.107. The molecule has 1 aromatic carbocycles. The van der Waals surface area contributed by atoms with Crippen LogP contribution < -0.4 is 5.32 Å². The first-order valence-corrected chi connectivity index (χ1v) is 10.1. The van der Waals surface area contributed by atoms with Gasteiger partial charge >= 0.3 is 0 Å². The number of carbonyl (C=O) groups excluding carboxylic acids is 3. The molecule has 1 N–H and O–H groups in total. The van der Waals surface area contributed by atoms with Crippen molar-refractivity contribution in [3.63, 3.8) is 0 Å². The molecule has 2 aromatic rings. The van der Waals surface area contributed by atoms with Gasteiger partial charge in [-0.15, -0.1) is 10.2 Å². The number of hydrogen-bond acceptors (Lipinski definition) is 8. The van der Waals surface area contributed by atoms with Crippen molar-refractivity contribution in [2.24, 2.45) is 0 Å². The minimum absolute atomic E-state index is 0.166. The molecule has 1 aliphatic rings. The summed E-state index contributed by atoms with van der Waals surface area (Å²) >= 11 is 2.13. The van der Waals surface area contributed by atoms with E-state index in [9.17, 15) is 14.4 Å². The van der Waals surface area contributed by atoms with E-state index in [2.05, 4.69) is 15.5 Å². The van der Waals surface area contributed by atoms with Gasteiger partial charge in [-0.1, -0.05) is 41.2 Å². The zero-order valence-corrected chi connectivity index (χ0v) is 16.4. The van der Waals surface area contributed by atoms with Crippen molar-refractivity contribution in [1.29, 1.82) is 0 Å². The van der Waals surface area contributed by atoms with Gasteiger partial charge in [0.2, 0.25) is 17.7 Å². The predicted octanol–water partition coefficient (Wildman–Crippen LogP) is 2.34. The summed E-state index contributed by atoms with van der Waals surface area (Å²) in [5.41, 5.74) is 1.91. The lowest BCUT2D eigenvalue weighted by atomic mass is 10.1. The van der Waals surface area contributed by atoms with Crippen LogP contribution in [0.4, 0.5) is 4.79 Å². The van der Waals surface area contributed by atoms with E-state index in [4.69, 9.17) is 4.42 Å². The number of amides is 3. The highest BCUT2D eigenvalue weighted by atomic mass is 32.2. The second-order valence-electron chi connectivity index (χ2n) is 5.89. The summed E-state index contributed by atoms with van der Waals surface area (Å²) < 4.78 is 5.62. The molecule has 8 nitrogen and oxygen atoms in total. The Morgan fingerprint density at radius 3 is 2.93 bits per heavy atom. The van der Waals surface area contributed by atoms with Crippen molar-refractivity contribution in [1.82, 2.24) is 20.4 Å². The van der Waals surface area contributed by atoms with E-state index in [0.29, 0.717) is 11.1 Å². The lowest BCUT2D eigenvalue weighted by Gasteiger charge is -2.14. The molecular formula is C17H18N4O4S2. The number of benzene rings is 1. The quantitative estimate of drug-likeness (QED) is 0.699. The van der Waals surface area contributed by atoms with Crippen LogP contribution >= 0.6 is 23.5 Å². The Balaban J connectivity index is 1.50. The SMILES string of the molecule is Cc1cccc(-c2nnc(S[C@H](C)C(=O)NCCN3C(=O)CSC3=O)o2)c1. The van der Waals surface area contributed by atoms with Crippen molar-refractivity contribution in [3.05, 3.63) is 29.8 Å². The van der Waals surface area contributed by atoms with Gasteiger partial charge in [0.25, 0.3) is 10.5 Å². The van der Waals surface area contributed by atoms with Crippen LogP contribution in [0.5, 0.6) is 0 Å². The van der Waals surface area contributed by atoms with Crippen molar-refractivity contribution >= 4 is 40.6 Å². The maximum Gasteiger partial charge on any atom is 0.288 e. The Hall–Kier alpha value is -2.33. The standard InChI is InChI=1S/C17H18N4O4S2/c1-10-4-3-5-12(8-10)15-19-20-16(25-15)27-11(2)14(23)18-6-7-21-13(22)9-26-17(21)24/h3-5,8,11H,6-7,9H2,1-2H3,(H,18,23)/t11-/m1/s1. The van der Waals surface area contributed by atoms with Crippen LogP contribution in [0.1, 0.15) is 12.5 Å². The average molecular weight is 406 g/mol. The molecule has 3 amide bonds. The number of nitrogens with one attached hydrogen (secondary N) is 1. The lowest BCUT2D eigenvalue weighted by molar-refractivity contribution is -0.125. The number of carbonyl (C=O) groups is 3. The first-order chi connectivity index (χ1) is 12.9. The van der Waals surface area contributed by atoms with Gasteiger partial charge in [0, 0.05) is 18.7 Å². The second kappa shape index (κ2) is 8.57. The summed E-state index contributed by atoms with van der Waals surface area (Å²) in [4.78, 5) is 36.4. The minimum Gasteiger partial charge on any atom is -0.411 e. The normalized spacial score (nSPS) is 15.3. The fourth-order valence-electron chi connectivity index (χ4n) is 2.39. The van der Waals surface area contributed by atoms with Crippen LogP contribution in [0.3, 0.4) is 0 Å². The van der Waals surface area contributed by atoms with Crippen molar-refractivity contribution in [2.75, 3.05) is 18.8 Å². The summed E-state index contributed by atoms with van der Waals surface area (Å²) in [6.45, 7) is 4.08. The van der Waals surface area contributed by atoms with Crippen LogP contribution in [-0.4, -0.2) is 56.2 Å². The van der Waals surface area contributed by atoms with E-state index in [-0.39, 0.29) is 35.9 Å². The number of thioether (sulfide) groups is 2. The third-order valence-corrected chi connectivity index (χ3v) is 5.59. The third-order valence-electron chi connectivity index (χ3n) is 3.79. The van der Waals surface area contributed by atoms with Gasteiger partial charge in [-0.2, -0.15) is 0 Å². The van der Waals surface area contributed by atoms with Crippen molar-refractivity contribution in [2.45, 2.75) is 24.3 Å². The highest BCUT2D eigenvalue weighted by Gasteiger charge is 2.29. The van der Waals surface area contributed by atoms with E-state index >= 15 is 0 Å². The highest BCUT2D eigenvalue weighted by molar-refractivity contribution is 8.14. The van der Waals surface area contributed by atoms with Gasteiger partial charge in [-0.05, 0) is 26.0 Å². The molecule has 0 aliphatic carbocycles. The molecule has 0 saturated carbocycles. The van der Waals surface area contributed by atoms with E-state index in [1.54, 1.807) is 6.92 Å². The average Bonchev–Trinajstić information content (AvgIpc) is 3.23. The molecule has 0 radical (unpaired) electrons. The summed E-state index contributed by atoms with van der Waals surface area (Å²) in [5, 5.41) is 10.3. The van der Waals surface area contributed by atoms with Gasteiger partial charge in [-0.3, -0.25) is 19.3 Å². The fourth-order valence-corrected chi connectivity index (χ4v) is 3.85. The fraction of sp³-hybridized carbons (Fsp3) is 0.353. The largest absolute Gasteiger partial charge is 0.411 e. The predicted molar refractivity (Wildman–Crippen MR) is 102 cm³/mol. The first-order valence-electron chi connectivity index (χ1n) is 8.26. The molecule has 0 bridgehead atoms. The number of rotatable bonds is 7. The van der Waals surface area contributed by atoms with Crippen LogP contribution in [0.2, 0.25) is 0 Å². The summed E-state index contributed by atoms with van der Waals surface area (Å²) in [6.07, 6.45) is 0. The van der Waals surface area contributed by atoms with E-state index in [1.807, 2.05) is 31.2 Å². The number of aromatic nitrogens is 2. The monoisotopic (exact) mass is 406 g/mol. The maximum absolute atomic E-state index is 12.2. The third kappa shape index (κ3) is 4.89. The van der Waals surface area contributed by atoms with Gasteiger partial charge in [0.15, 0.2) is 0 Å². The zero-order valence-electron chi connectivity index (χ0n) is 14.8. The van der Waals surface area contributed by atoms with Crippen LogP contribution in [-0.2, 0) is 9.59 Å². The second-order valence-corrected chi connectivity index (χ2v) is 8.11. The molecule has 3 rings (SSSR count). The van der Waals surface area contributed by atoms with Crippen LogP contribution in [0, 0.1) is 6.92 Å². The maximum atomic E-state index is 12.2. The minimum atomic E-state index is -0.463. The van der Waals surface area contributed by atoms with E-state index in [1.165, 1.54) is 0 Å². The molecule has 27 heavy (non-hydrogen) atoms. The Bertz CT molecular complexity index is 854. The molecule has 142 valence electrons. The highest BCUT2D eigenvalue weighted by Crippen LogP contribution is 2.26. The smallest absolute Gasteiger partial charge is 0.288 e. The van der Waals surface area contributed by atoms with Gasteiger partial charge in [-0.25, -0.2) is 0 Å². The molecule has 1 aliphatic heterocycles. The molecule has 1 fully saturated rings. The molecule has 2 heterocycles. The van der Waals surface area contributed by atoms with E-state index in [0.717, 1.165) is 39.6 Å². The molecule has 0 spiro atoms. The summed E-state index contributed by atoms with van der Waals surface area (Å²) in [7, 11) is 0. The molecule has 1 aromatic heterocycles. The van der Waals surface area contributed by atoms with Crippen LogP contribution in [0.15, 0.2) is 33.9 Å². The molecular weight excluding hydrogens is 388 g/mol. The van der Waals surface area contributed by atoms with Gasteiger partial charge in [0.1, 0.15) is 0 Å². The zero-order chi connectivity index (χ0) is 19.4. The number of aryl methyl sites for hydroxylation is 1. The summed E-state index contributed by atoms with van der Waals surface area (Å²) in [6, 6.07) is 7.71. The molecule has 10 heteroatoms. The number of hydrogen-bond donors (Lipinski definition) is 1. The molecule has 1 saturated heterocycles. The first kappa shape index (κ1) is 19.4. The Morgan fingerprint density at radius 2 is 2.22 bits per heavy atom. The topological polar surface area (TPSA) is 105 Å². The Kier molecular flexibility index (Phi) is 6.17. The van der Waals surface area contributed by atoms with Crippen molar-refractivity contribution < 1.29 is 18.8 Å². The van der Waals surface area contributed by atoms with E-state index < -0.39 is 5.25 Å².